The average molecular weight is 304 g/mol. The first-order chi connectivity index (χ1) is 9.94. The summed E-state index contributed by atoms with van der Waals surface area (Å²) in [7, 11) is 0. The van der Waals surface area contributed by atoms with E-state index in [0.29, 0.717) is 6.54 Å². The first-order valence-electron chi connectivity index (χ1n) is 6.93. The number of nitrogens with zero attached hydrogens (tertiary/aromatic N) is 1. The summed E-state index contributed by atoms with van der Waals surface area (Å²) in [5.74, 6) is -0.293. The van der Waals surface area contributed by atoms with Gasteiger partial charge < -0.3 is 20.1 Å². The normalized spacial score (nSPS) is 17.7. The van der Waals surface area contributed by atoms with Gasteiger partial charge in [-0.2, -0.15) is 0 Å². The molecule has 0 aliphatic carbocycles. The zero-order valence-electron chi connectivity index (χ0n) is 11.6. The number of aliphatic hydroxyl groups excluding tert-OH is 1. The van der Waals surface area contributed by atoms with Crippen LogP contribution in [0.5, 0.6) is 5.75 Å². The van der Waals surface area contributed by atoms with Crippen LogP contribution in [-0.2, 0) is 0 Å². The summed E-state index contributed by atoms with van der Waals surface area (Å²) >= 11 is 0. The number of aliphatic hydroxyl groups is 1. The van der Waals surface area contributed by atoms with Crippen LogP contribution < -0.4 is 10.1 Å². The van der Waals surface area contributed by atoms with Crippen LogP contribution in [0.4, 0.5) is 18.9 Å². The van der Waals surface area contributed by atoms with Gasteiger partial charge in [0.1, 0.15) is 0 Å². The third kappa shape index (κ3) is 5.43. The molecular formula is C14H19F3N2O2. The Morgan fingerprint density at radius 2 is 1.90 bits per heavy atom. The Labute approximate surface area is 121 Å². The van der Waals surface area contributed by atoms with Gasteiger partial charge in [0.25, 0.3) is 0 Å². The van der Waals surface area contributed by atoms with Crippen molar-refractivity contribution in [3.05, 3.63) is 24.3 Å². The van der Waals surface area contributed by atoms with Crippen molar-refractivity contribution < 1.29 is 23.0 Å². The molecule has 1 unspecified atom stereocenters. The maximum Gasteiger partial charge on any atom is 0.573 e. The molecule has 0 bridgehead atoms. The number of para-hydroxylation sites is 2. The average Bonchev–Trinajstić information content (AvgIpc) is 2.89. The highest BCUT2D eigenvalue weighted by atomic mass is 19.4. The molecule has 0 saturated carbocycles. The fraction of sp³-hybridized carbons (Fsp3) is 0.571. The van der Waals surface area contributed by atoms with Gasteiger partial charge in [-0.1, -0.05) is 12.1 Å². The van der Waals surface area contributed by atoms with E-state index in [4.69, 9.17) is 0 Å². The SMILES string of the molecule is OC(CNc1ccccc1OC(F)(F)F)CN1CCCC1. The van der Waals surface area contributed by atoms with E-state index < -0.39 is 12.5 Å². The van der Waals surface area contributed by atoms with Crippen molar-refractivity contribution >= 4 is 5.69 Å². The highest BCUT2D eigenvalue weighted by molar-refractivity contribution is 5.56. The lowest BCUT2D eigenvalue weighted by atomic mass is 10.2. The number of benzene rings is 1. The van der Waals surface area contributed by atoms with E-state index in [1.54, 1.807) is 6.07 Å². The Hall–Kier alpha value is -1.47. The number of nitrogens with one attached hydrogen (secondary N) is 1. The maximum absolute atomic E-state index is 12.3. The highest BCUT2D eigenvalue weighted by Gasteiger charge is 2.32. The van der Waals surface area contributed by atoms with Crippen LogP contribution in [0, 0.1) is 0 Å². The van der Waals surface area contributed by atoms with E-state index >= 15 is 0 Å². The van der Waals surface area contributed by atoms with Crippen molar-refractivity contribution in [2.24, 2.45) is 0 Å². The number of likely N-dealkylation sites (tertiary alicyclic amines) is 1. The minimum atomic E-state index is -4.73. The van der Waals surface area contributed by atoms with E-state index in [-0.39, 0.29) is 18.0 Å². The van der Waals surface area contributed by atoms with Crippen LogP contribution in [0.25, 0.3) is 0 Å². The molecule has 7 heteroatoms. The molecule has 1 saturated heterocycles. The van der Waals surface area contributed by atoms with Gasteiger partial charge in [0.2, 0.25) is 0 Å². The zero-order valence-corrected chi connectivity index (χ0v) is 11.6. The third-order valence-corrected chi connectivity index (χ3v) is 3.31. The molecule has 1 aliphatic rings. The van der Waals surface area contributed by atoms with Crippen LogP contribution in [0.15, 0.2) is 24.3 Å². The summed E-state index contributed by atoms with van der Waals surface area (Å²) in [4.78, 5) is 2.14. The summed E-state index contributed by atoms with van der Waals surface area (Å²) < 4.78 is 40.8. The molecule has 2 rings (SSSR count). The van der Waals surface area contributed by atoms with Gasteiger partial charge in [-0.25, -0.2) is 0 Å². The van der Waals surface area contributed by atoms with Crippen LogP contribution in [0.3, 0.4) is 0 Å². The zero-order chi connectivity index (χ0) is 15.3. The van der Waals surface area contributed by atoms with Gasteiger partial charge in [-0.3, -0.25) is 0 Å². The summed E-state index contributed by atoms with van der Waals surface area (Å²) in [5, 5.41) is 12.7. The Bertz CT molecular complexity index is 448. The van der Waals surface area contributed by atoms with E-state index in [9.17, 15) is 18.3 Å². The number of rotatable bonds is 6. The molecular weight excluding hydrogens is 285 g/mol. The first kappa shape index (κ1) is 15.9. The van der Waals surface area contributed by atoms with Gasteiger partial charge in [0.15, 0.2) is 5.75 Å². The second-order valence-corrected chi connectivity index (χ2v) is 5.09. The Kier molecular flexibility index (Phi) is 5.30. The molecule has 0 amide bonds. The molecule has 2 N–H and O–H groups in total. The number of ether oxygens (including phenoxy) is 1. The molecule has 4 nitrogen and oxygen atoms in total. The third-order valence-electron chi connectivity index (χ3n) is 3.31. The van der Waals surface area contributed by atoms with Crippen LogP contribution in [0.2, 0.25) is 0 Å². The standard InChI is InChI=1S/C14H19F3N2O2/c15-14(16,17)21-13-6-2-1-5-12(13)18-9-11(20)10-19-7-3-4-8-19/h1-2,5-6,11,18,20H,3-4,7-10H2. The van der Waals surface area contributed by atoms with E-state index in [1.807, 2.05) is 0 Å². The van der Waals surface area contributed by atoms with Crippen LogP contribution in [-0.4, -0.2) is 48.7 Å². The van der Waals surface area contributed by atoms with Crippen molar-refractivity contribution in [3.8, 4) is 5.75 Å². The number of anilines is 1. The lowest BCUT2D eigenvalue weighted by Crippen LogP contribution is -2.34. The lowest BCUT2D eigenvalue weighted by molar-refractivity contribution is -0.274. The number of hydrogen-bond donors (Lipinski definition) is 2. The predicted octanol–water partition coefficient (Wildman–Crippen LogP) is 2.45. The second-order valence-electron chi connectivity index (χ2n) is 5.09. The van der Waals surface area contributed by atoms with Crippen LogP contribution >= 0.6 is 0 Å². The largest absolute Gasteiger partial charge is 0.573 e. The molecule has 1 aliphatic heterocycles. The molecule has 0 radical (unpaired) electrons. The van der Waals surface area contributed by atoms with Gasteiger partial charge in [-0.05, 0) is 38.1 Å². The molecule has 1 aromatic carbocycles. The summed E-state index contributed by atoms with van der Waals surface area (Å²) in [6.07, 6.45) is -3.11. The molecule has 1 aromatic rings. The van der Waals surface area contributed by atoms with Crippen molar-refractivity contribution in [1.82, 2.24) is 4.90 Å². The highest BCUT2D eigenvalue weighted by Crippen LogP contribution is 2.29. The second kappa shape index (κ2) is 7.00. The molecule has 1 atom stereocenters. The van der Waals surface area contributed by atoms with Crippen molar-refractivity contribution in [2.45, 2.75) is 25.3 Å². The summed E-state index contributed by atoms with van der Waals surface area (Å²) in [6.45, 7) is 2.62. The van der Waals surface area contributed by atoms with Gasteiger partial charge in [0.05, 0.1) is 11.8 Å². The minimum Gasteiger partial charge on any atom is -0.404 e. The summed E-state index contributed by atoms with van der Waals surface area (Å²) in [5.41, 5.74) is 0.218. The van der Waals surface area contributed by atoms with Crippen molar-refractivity contribution in [2.75, 3.05) is 31.5 Å². The number of alkyl halides is 3. The molecule has 0 spiro atoms. The molecule has 0 aromatic heterocycles. The Morgan fingerprint density at radius 3 is 2.57 bits per heavy atom. The van der Waals surface area contributed by atoms with Crippen molar-refractivity contribution in [3.63, 3.8) is 0 Å². The topological polar surface area (TPSA) is 44.7 Å². The molecule has 118 valence electrons. The number of β-amino-alcohol motifs (C(OH)–C–C–N with tert-alkyl or cyclic N) is 1. The van der Waals surface area contributed by atoms with Gasteiger partial charge >= 0.3 is 6.36 Å². The molecule has 21 heavy (non-hydrogen) atoms. The minimum absolute atomic E-state index is 0.175. The quantitative estimate of drug-likeness (QED) is 0.847. The first-order valence-corrected chi connectivity index (χ1v) is 6.93. The van der Waals surface area contributed by atoms with Gasteiger partial charge in [0, 0.05) is 13.1 Å². The maximum atomic E-state index is 12.3. The number of hydrogen-bond acceptors (Lipinski definition) is 4. The van der Waals surface area contributed by atoms with E-state index in [1.165, 1.54) is 18.2 Å². The van der Waals surface area contributed by atoms with E-state index in [0.717, 1.165) is 25.9 Å². The fourth-order valence-corrected chi connectivity index (χ4v) is 2.38. The Morgan fingerprint density at radius 1 is 1.24 bits per heavy atom. The monoisotopic (exact) mass is 304 g/mol. The predicted molar refractivity (Wildman–Crippen MR) is 73.3 cm³/mol. The summed E-state index contributed by atoms with van der Waals surface area (Å²) in [6, 6.07) is 5.80. The van der Waals surface area contributed by atoms with E-state index in [2.05, 4.69) is 15.0 Å². The smallest absolute Gasteiger partial charge is 0.404 e. The van der Waals surface area contributed by atoms with Crippen LogP contribution in [0.1, 0.15) is 12.8 Å². The Balaban J connectivity index is 1.87. The van der Waals surface area contributed by atoms with Gasteiger partial charge in [-0.15, -0.1) is 13.2 Å². The lowest BCUT2D eigenvalue weighted by Gasteiger charge is -2.21. The molecule has 1 heterocycles. The fourth-order valence-electron chi connectivity index (χ4n) is 2.38. The molecule has 1 fully saturated rings. The van der Waals surface area contributed by atoms with Crippen molar-refractivity contribution in [1.29, 1.82) is 0 Å². The number of halogens is 3.